The van der Waals surface area contributed by atoms with E-state index in [4.69, 9.17) is 25.8 Å². The number of nitrogens with zero attached hydrogens (tertiary/aromatic N) is 2. The van der Waals surface area contributed by atoms with Gasteiger partial charge in [0.05, 0.1) is 31.0 Å². The summed E-state index contributed by atoms with van der Waals surface area (Å²) < 4.78 is 17.8. The highest BCUT2D eigenvalue weighted by molar-refractivity contribution is 6.31. The summed E-state index contributed by atoms with van der Waals surface area (Å²) in [5, 5.41) is 4.51. The molecule has 3 aromatic carbocycles. The number of carbonyl (C=O) groups excluding carboxylic acids is 1. The molecule has 36 heavy (non-hydrogen) atoms. The lowest BCUT2D eigenvalue weighted by molar-refractivity contribution is -0.117. The average molecular weight is 504 g/mol. The van der Waals surface area contributed by atoms with E-state index in [1.165, 1.54) is 0 Å². The molecule has 1 N–H and O–H groups in total. The molecule has 5 rings (SSSR count). The number of para-hydroxylation sites is 3. The van der Waals surface area contributed by atoms with E-state index in [9.17, 15) is 4.79 Å². The van der Waals surface area contributed by atoms with Gasteiger partial charge in [0.1, 0.15) is 6.61 Å². The molecule has 0 aliphatic carbocycles. The van der Waals surface area contributed by atoms with Crippen molar-refractivity contribution in [2.45, 2.75) is 6.54 Å². The van der Waals surface area contributed by atoms with Crippen molar-refractivity contribution in [3.63, 3.8) is 0 Å². The number of fused-ring (bicyclic) bond motifs is 3. The number of hydrogen-bond donors (Lipinski definition) is 1. The Labute approximate surface area is 214 Å². The van der Waals surface area contributed by atoms with Gasteiger partial charge in [0, 0.05) is 29.7 Å². The molecule has 7 nitrogen and oxygen atoms in total. The SMILES string of the molecule is O=C1CN(Cc2cnc3ccccc3c2)CCOCCOc2ccccc2Oc2ccc(Cl)cc2N1. The predicted molar refractivity (Wildman–Crippen MR) is 140 cm³/mol. The number of pyridine rings is 1. The summed E-state index contributed by atoms with van der Waals surface area (Å²) >= 11 is 6.24. The Morgan fingerprint density at radius 2 is 1.75 bits per heavy atom. The zero-order chi connectivity index (χ0) is 24.7. The summed E-state index contributed by atoms with van der Waals surface area (Å²) in [6.07, 6.45) is 1.85. The second kappa shape index (κ2) is 11.4. The molecule has 0 unspecified atom stereocenters. The van der Waals surface area contributed by atoms with Crippen LogP contribution < -0.4 is 14.8 Å². The fourth-order valence-corrected chi connectivity index (χ4v) is 4.21. The Kier molecular flexibility index (Phi) is 7.61. The molecular weight excluding hydrogens is 478 g/mol. The summed E-state index contributed by atoms with van der Waals surface area (Å²) in [5.74, 6) is 1.42. The van der Waals surface area contributed by atoms with Gasteiger partial charge < -0.3 is 19.5 Å². The third kappa shape index (κ3) is 6.12. The van der Waals surface area contributed by atoms with Crippen LogP contribution in [0.5, 0.6) is 17.2 Å². The number of nitrogens with one attached hydrogen (secondary N) is 1. The normalized spacial score (nSPS) is 15.4. The monoisotopic (exact) mass is 503 g/mol. The molecule has 0 bridgehead atoms. The van der Waals surface area contributed by atoms with Crippen molar-refractivity contribution >= 4 is 34.1 Å². The van der Waals surface area contributed by atoms with Crippen molar-refractivity contribution < 1.29 is 19.0 Å². The second-order valence-corrected chi connectivity index (χ2v) is 8.88. The van der Waals surface area contributed by atoms with Crippen LogP contribution in [-0.4, -0.2) is 48.7 Å². The first kappa shape index (κ1) is 24.1. The minimum absolute atomic E-state index is 0.162. The number of rotatable bonds is 2. The van der Waals surface area contributed by atoms with E-state index in [0.29, 0.717) is 60.9 Å². The van der Waals surface area contributed by atoms with Crippen LogP contribution in [0.3, 0.4) is 0 Å². The Bertz CT molecular complexity index is 1360. The Hall–Kier alpha value is -3.65. The van der Waals surface area contributed by atoms with E-state index >= 15 is 0 Å². The van der Waals surface area contributed by atoms with E-state index in [2.05, 4.69) is 16.4 Å². The maximum absolute atomic E-state index is 13.1. The maximum atomic E-state index is 13.1. The molecule has 1 amide bonds. The van der Waals surface area contributed by atoms with Gasteiger partial charge in [0.15, 0.2) is 17.2 Å². The van der Waals surface area contributed by atoms with E-state index < -0.39 is 0 Å². The molecule has 1 aliphatic heterocycles. The highest BCUT2D eigenvalue weighted by Gasteiger charge is 2.17. The van der Waals surface area contributed by atoms with Crippen molar-refractivity contribution in [2.75, 3.05) is 38.2 Å². The smallest absolute Gasteiger partial charge is 0.238 e. The number of halogens is 1. The number of benzene rings is 3. The summed E-state index contributed by atoms with van der Waals surface area (Å²) in [6.45, 7) is 2.52. The van der Waals surface area contributed by atoms with E-state index in [0.717, 1.165) is 16.5 Å². The van der Waals surface area contributed by atoms with Crippen molar-refractivity contribution in [1.29, 1.82) is 0 Å². The largest absolute Gasteiger partial charge is 0.487 e. The predicted octanol–water partition coefficient (Wildman–Crippen LogP) is 5.53. The fourth-order valence-electron chi connectivity index (χ4n) is 4.04. The molecule has 0 radical (unpaired) electrons. The number of aromatic nitrogens is 1. The first-order chi connectivity index (χ1) is 17.6. The first-order valence-electron chi connectivity index (χ1n) is 11.8. The Morgan fingerprint density at radius 1 is 0.917 bits per heavy atom. The minimum atomic E-state index is -0.185. The lowest BCUT2D eigenvalue weighted by Crippen LogP contribution is -2.35. The molecule has 2 heterocycles. The highest BCUT2D eigenvalue weighted by atomic mass is 35.5. The molecule has 0 spiro atoms. The summed E-state index contributed by atoms with van der Waals surface area (Å²) in [7, 11) is 0. The maximum Gasteiger partial charge on any atom is 0.238 e. The molecule has 4 aromatic rings. The van der Waals surface area contributed by atoms with Crippen LogP contribution in [0.4, 0.5) is 5.69 Å². The number of ether oxygens (including phenoxy) is 3. The van der Waals surface area contributed by atoms with Crippen molar-refractivity contribution in [2.24, 2.45) is 0 Å². The number of hydrogen-bond acceptors (Lipinski definition) is 6. The van der Waals surface area contributed by atoms with Crippen LogP contribution >= 0.6 is 11.6 Å². The fraction of sp³-hybridized carbons (Fsp3) is 0.214. The van der Waals surface area contributed by atoms with Crippen molar-refractivity contribution in [1.82, 2.24) is 9.88 Å². The van der Waals surface area contributed by atoms with Gasteiger partial charge in [-0.1, -0.05) is 41.9 Å². The molecule has 0 atom stereocenters. The zero-order valence-electron chi connectivity index (χ0n) is 19.7. The third-order valence-corrected chi connectivity index (χ3v) is 5.98. The van der Waals surface area contributed by atoms with Crippen LogP contribution in [0.2, 0.25) is 5.02 Å². The standard InChI is InChI=1S/C28H26ClN3O4/c29-22-9-10-25-24(16-22)31-28(33)19-32(18-20-15-21-5-1-2-6-23(21)30-17-20)11-12-34-13-14-35-26-7-3-4-8-27(26)36-25/h1-10,15-17H,11-14,18-19H2,(H,31,33). The average Bonchev–Trinajstić information content (AvgIpc) is 2.88. The quantitative estimate of drug-likeness (QED) is 0.388. The molecule has 8 heteroatoms. The van der Waals surface area contributed by atoms with Crippen LogP contribution in [0.15, 0.2) is 79.0 Å². The van der Waals surface area contributed by atoms with Gasteiger partial charge in [-0.05, 0) is 48.0 Å². The van der Waals surface area contributed by atoms with Gasteiger partial charge in [0.25, 0.3) is 0 Å². The molecule has 184 valence electrons. The zero-order valence-corrected chi connectivity index (χ0v) is 20.4. The van der Waals surface area contributed by atoms with E-state index in [1.54, 1.807) is 18.2 Å². The molecule has 0 saturated carbocycles. The molecule has 1 aliphatic rings. The van der Waals surface area contributed by atoms with Gasteiger partial charge in [-0.3, -0.25) is 14.7 Å². The van der Waals surface area contributed by atoms with E-state index in [1.807, 2.05) is 59.6 Å². The van der Waals surface area contributed by atoms with Crippen molar-refractivity contribution in [3.05, 3.63) is 89.6 Å². The summed E-state index contributed by atoms with van der Waals surface area (Å²) in [4.78, 5) is 19.7. The topological polar surface area (TPSA) is 72.9 Å². The summed E-state index contributed by atoms with van der Waals surface area (Å²) in [6, 6.07) is 22.6. The molecule has 0 saturated heterocycles. The van der Waals surface area contributed by atoms with Gasteiger partial charge in [-0.15, -0.1) is 0 Å². The highest BCUT2D eigenvalue weighted by Crippen LogP contribution is 2.36. The lowest BCUT2D eigenvalue weighted by atomic mass is 10.1. The van der Waals surface area contributed by atoms with Gasteiger partial charge in [0.2, 0.25) is 5.91 Å². The number of amides is 1. The van der Waals surface area contributed by atoms with Crippen LogP contribution in [-0.2, 0) is 16.1 Å². The van der Waals surface area contributed by atoms with Crippen molar-refractivity contribution in [3.8, 4) is 17.2 Å². The molecule has 1 aromatic heterocycles. The molecular formula is C28H26ClN3O4. The Morgan fingerprint density at radius 3 is 2.67 bits per heavy atom. The van der Waals surface area contributed by atoms with Gasteiger partial charge in [-0.25, -0.2) is 0 Å². The summed E-state index contributed by atoms with van der Waals surface area (Å²) in [5.41, 5.74) is 2.44. The van der Waals surface area contributed by atoms with Crippen LogP contribution in [0, 0.1) is 0 Å². The lowest BCUT2D eigenvalue weighted by Gasteiger charge is -2.22. The third-order valence-electron chi connectivity index (χ3n) is 5.74. The second-order valence-electron chi connectivity index (χ2n) is 8.45. The first-order valence-corrected chi connectivity index (χ1v) is 12.1. The minimum Gasteiger partial charge on any atom is -0.487 e. The van der Waals surface area contributed by atoms with Gasteiger partial charge in [-0.2, -0.15) is 0 Å². The van der Waals surface area contributed by atoms with Crippen LogP contribution in [0.25, 0.3) is 10.9 Å². The Balaban J connectivity index is 1.38. The number of anilines is 1. The van der Waals surface area contributed by atoms with Gasteiger partial charge >= 0.3 is 0 Å². The molecule has 0 fully saturated rings. The number of carbonyl (C=O) groups is 1. The van der Waals surface area contributed by atoms with E-state index in [-0.39, 0.29) is 12.5 Å². The van der Waals surface area contributed by atoms with Crippen LogP contribution in [0.1, 0.15) is 5.56 Å².